The summed E-state index contributed by atoms with van der Waals surface area (Å²) in [6, 6.07) is 7.89. The minimum atomic E-state index is 0. The second-order valence-corrected chi connectivity index (χ2v) is 7.04. The number of aliphatic imine (C=N–C) groups is 1. The highest BCUT2D eigenvalue weighted by Crippen LogP contribution is 2.18. The summed E-state index contributed by atoms with van der Waals surface area (Å²) in [6.45, 7) is 5.63. The molecule has 8 nitrogen and oxygen atoms in total. The SMILES string of the molecule is CCNC(=NCc1nnc2n1CCCCC2)Nc1cccc(OCCCOC)c1.I. The third-order valence-electron chi connectivity index (χ3n) is 4.77. The number of halogens is 1. The fraction of sp³-hybridized carbons (Fsp3) is 0.571. The number of fused-ring (bicyclic) bond motifs is 1. The number of rotatable bonds is 9. The zero-order valence-corrected chi connectivity index (χ0v) is 20.2. The summed E-state index contributed by atoms with van der Waals surface area (Å²) in [4.78, 5) is 4.72. The minimum absolute atomic E-state index is 0. The van der Waals surface area contributed by atoms with Crippen LogP contribution in [0.4, 0.5) is 5.69 Å². The van der Waals surface area contributed by atoms with Crippen LogP contribution in [0, 0.1) is 0 Å². The van der Waals surface area contributed by atoms with Gasteiger partial charge in [-0.05, 0) is 31.9 Å². The highest BCUT2D eigenvalue weighted by Gasteiger charge is 2.14. The van der Waals surface area contributed by atoms with Gasteiger partial charge in [0, 0.05) is 51.4 Å². The zero-order chi connectivity index (χ0) is 20.3. The normalized spacial score (nSPS) is 13.7. The van der Waals surface area contributed by atoms with Crippen molar-refractivity contribution in [2.75, 3.05) is 32.2 Å². The summed E-state index contributed by atoms with van der Waals surface area (Å²) < 4.78 is 13.1. The smallest absolute Gasteiger partial charge is 0.196 e. The Balaban J connectivity index is 0.00000320. The molecule has 2 aromatic rings. The van der Waals surface area contributed by atoms with Gasteiger partial charge < -0.3 is 24.7 Å². The molecule has 30 heavy (non-hydrogen) atoms. The van der Waals surface area contributed by atoms with E-state index in [4.69, 9.17) is 14.5 Å². The molecule has 0 amide bonds. The summed E-state index contributed by atoms with van der Waals surface area (Å²) >= 11 is 0. The van der Waals surface area contributed by atoms with Crippen molar-refractivity contribution in [2.45, 2.75) is 52.1 Å². The monoisotopic (exact) mass is 528 g/mol. The number of hydrogen-bond acceptors (Lipinski definition) is 5. The number of nitrogens with zero attached hydrogens (tertiary/aromatic N) is 4. The Labute approximate surface area is 195 Å². The summed E-state index contributed by atoms with van der Waals surface area (Å²) in [5.74, 6) is 3.55. The molecule has 1 aromatic carbocycles. The van der Waals surface area contributed by atoms with E-state index in [9.17, 15) is 0 Å². The predicted molar refractivity (Wildman–Crippen MR) is 130 cm³/mol. The Morgan fingerprint density at radius 2 is 2.10 bits per heavy atom. The van der Waals surface area contributed by atoms with Crippen LogP contribution in [0.5, 0.6) is 5.75 Å². The summed E-state index contributed by atoms with van der Waals surface area (Å²) in [7, 11) is 1.70. The van der Waals surface area contributed by atoms with Crippen LogP contribution in [0.3, 0.4) is 0 Å². The van der Waals surface area contributed by atoms with Gasteiger partial charge >= 0.3 is 0 Å². The molecule has 0 atom stereocenters. The van der Waals surface area contributed by atoms with Gasteiger partial charge in [-0.15, -0.1) is 34.2 Å². The van der Waals surface area contributed by atoms with E-state index in [0.29, 0.717) is 19.8 Å². The highest BCUT2D eigenvalue weighted by atomic mass is 127. The number of nitrogens with one attached hydrogen (secondary N) is 2. The Kier molecular flexibility index (Phi) is 10.9. The average molecular weight is 528 g/mol. The second-order valence-electron chi connectivity index (χ2n) is 7.04. The molecule has 0 fully saturated rings. The van der Waals surface area contributed by atoms with E-state index in [1.165, 1.54) is 19.3 Å². The maximum absolute atomic E-state index is 5.78. The summed E-state index contributed by atoms with van der Waals surface area (Å²) in [5, 5.41) is 15.4. The van der Waals surface area contributed by atoms with Crippen molar-refractivity contribution in [2.24, 2.45) is 4.99 Å². The van der Waals surface area contributed by atoms with Crippen LogP contribution in [0.25, 0.3) is 0 Å². The van der Waals surface area contributed by atoms with Crippen LogP contribution in [0.1, 0.15) is 44.3 Å². The Morgan fingerprint density at radius 1 is 1.20 bits per heavy atom. The molecule has 1 aliphatic rings. The number of ether oxygens (including phenoxy) is 2. The second kappa shape index (κ2) is 13.4. The molecule has 0 bridgehead atoms. The maximum Gasteiger partial charge on any atom is 0.196 e. The molecule has 1 aliphatic heterocycles. The van der Waals surface area contributed by atoms with E-state index in [0.717, 1.165) is 55.0 Å². The Hall–Kier alpha value is -1.88. The topological polar surface area (TPSA) is 85.6 Å². The molecule has 1 aromatic heterocycles. The number of anilines is 1. The molecule has 0 aliphatic carbocycles. The van der Waals surface area contributed by atoms with E-state index in [-0.39, 0.29) is 24.0 Å². The Morgan fingerprint density at radius 3 is 2.93 bits per heavy atom. The number of aromatic nitrogens is 3. The van der Waals surface area contributed by atoms with Gasteiger partial charge in [-0.3, -0.25) is 0 Å². The van der Waals surface area contributed by atoms with E-state index >= 15 is 0 Å². The molecule has 9 heteroatoms. The van der Waals surface area contributed by atoms with Gasteiger partial charge in [0.15, 0.2) is 11.8 Å². The van der Waals surface area contributed by atoms with E-state index < -0.39 is 0 Å². The molecule has 2 N–H and O–H groups in total. The van der Waals surface area contributed by atoms with E-state index in [1.54, 1.807) is 7.11 Å². The first-order chi connectivity index (χ1) is 14.3. The lowest BCUT2D eigenvalue weighted by atomic mass is 10.2. The molecule has 166 valence electrons. The number of guanidine groups is 1. The lowest BCUT2D eigenvalue weighted by molar-refractivity contribution is 0.172. The summed E-state index contributed by atoms with van der Waals surface area (Å²) in [6.07, 6.45) is 5.49. The lowest BCUT2D eigenvalue weighted by Crippen LogP contribution is -2.30. The molecule has 0 unspecified atom stereocenters. The fourth-order valence-corrected chi connectivity index (χ4v) is 3.31. The molecule has 0 radical (unpaired) electrons. The van der Waals surface area contributed by atoms with Crippen molar-refractivity contribution in [3.63, 3.8) is 0 Å². The van der Waals surface area contributed by atoms with Crippen LogP contribution in [-0.2, 0) is 24.2 Å². The van der Waals surface area contributed by atoms with Gasteiger partial charge in [0.05, 0.1) is 6.61 Å². The van der Waals surface area contributed by atoms with Crippen molar-refractivity contribution in [3.8, 4) is 5.75 Å². The Bertz CT molecular complexity index is 796. The number of methoxy groups -OCH3 is 1. The maximum atomic E-state index is 5.78. The van der Waals surface area contributed by atoms with Crippen molar-refractivity contribution in [3.05, 3.63) is 35.9 Å². The number of hydrogen-bond donors (Lipinski definition) is 2. The first-order valence-electron chi connectivity index (χ1n) is 10.5. The number of benzene rings is 1. The fourth-order valence-electron chi connectivity index (χ4n) is 3.31. The van der Waals surface area contributed by atoms with E-state index in [2.05, 4.69) is 32.3 Å². The molecule has 0 spiro atoms. The zero-order valence-electron chi connectivity index (χ0n) is 17.9. The van der Waals surface area contributed by atoms with Gasteiger partial charge in [0.2, 0.25) is 0 Å². The van der Waals surface area contributed by atoms with Crippen molar-refractivity contribution in [1.82, 2.24) is 20.1 Å². The minimum Gasteiger partial charge on any atom is -0.493 e. The van der Waals surface area contributed by atoms with Crippen molar-refractivity contribution < 1.29 is 9.47 Å². The third-order valence-corrected chi connectivity index (χ3v) is 4.77. The average Bonchev–Trinajstić information content (AvgIpc) is 2.96. The van der Waals surface area contributed by atoms with Crippen LogP contribution in [-0.4, -0.2) is 47.6 Å². The predicted octanol–water partition coefficient (Wildman–Crippen LogP) is 3.62. The largest absolute Gasteiger partial charge is 0.493 e. The quantitative estimate of drug-likeness (QED) is 0.224. The van der Waals surface area contributed by atoms with Gasteiger partial charge in [-0.25, -0.2) is 4.99 Å². The van der Waals surface area contributed by atoms with Gasteiger partial charge in [0.1, 0.15) is 18.1 Å². The van der Waals surface area contributed by atoms with Gasteiger partial charge in [-0.1, -0.05) is 12.5 Å². The first kappa shape index (κ1) is 24.4. The van der Waals surface area contributed by atoms with Crippen molar-refractivity contribution >= 4 is 35.6 Å². The molecule has 2 heterocycles. The number of aryl methyl sites for hydroxylation is 1. The first-order valence-corrected chi connectivity index (χ1v) is 10.5. The standard InChI is InChI=1S/C21H32N6O2.HI/c1-3-22-21(23-16-20-26-25-19-11-5-4-6-12-27(19)20)24-17-9-7-10-18(15-17)29-14-8-13-28-2;/h7,9-10,15H,3-6,8,11-14,16H2,1-2H3,(H2,22,23,24);1H. The lowest BCUT2D eigenvalue weighted by Gasteiger charge is -2.13. The molecular weight excluding hydrogens is 495 g/mol. The highest BCUT2D eigenvalue weighted by molar-refractivity contribution is 14.0. The molecule has 3 rings (SSSR count). The summed E-state index contributed by atoms with van der Waals surface area (Å²) in [5.41, 5.74) is 0.925. The molecule has 0 saturated heterocycles. The van der Waals surface area contributed by atoms with Crippen molar-refractivity contribution in [1.29, 1.82) is 0 Å². The van der Waals surface area contributed by atoms with Crippen LogP contribution in [0.15, 0.2) is 29.3 Å². The third kappa shape index (κ3) is 7.42. The van der Waals surface area contributed by atoms with Crippen LogP contribution in [0.2, 0.25) is 0 Å². The van der Waals surface area contributed by atoms with Gasteiger partial charge in [-0.2, -0.15) is 0 Å². The molecule has 0 saturated carbocycles. The van der Waals surface area contributed by atoms with Crippen LogP contribution >= 0.6 is 24.0 Å². The van der Waals surface area contributed by atoms with Gasteiger partial charge in [0.25, 0.3) is 0 Å². The molecular formula is C21H33IN6O2. The van der Waals surface area contributed by atoms with E-state index in [1.807, 2.05) is 24.3 Å². The van der Waals surface area contributed by atoms with Crippen LogP contribution < -0.4 is 15.4 Å².